The first kappa shape index (κ1) is 20.9. The number of allylic oxidation sites excluding steroid dienone is 7. The summed E-state index contributed by atoms with van der Waals surface area (Å²) in [6.45, 7) is 4.69. The van der Waals surface area contributed by atoms with Crippen molar-refractivity contribution in [2.24, 2.45) is 0 Å². The minimum absolute atomic E-state index is 1.08. The Balaban J connectivity index is 1.51. The minimum atomic E-state index is 1.08. The van der Waals surface area contributed by atoms with E-state index in [9.17, 15) is 0 Å². The monoisotopic (exact) mass is 379 g/mol. The quantitative estimate of drug-likeness (QED) is 0.360. The Labute approximate surface area is 172 Å². The number of hydrogen-bond donors (Lipinski definition) is 0. The third-order valence-corrected chi connectivity index (χ3v) is 5.86. The van der Waals surface area contributed by atoms with Crippen LogP contribution in [-0.4, -0.2) is 41.9 Å². The summed E-state index contributed by atoms with van der Waals surface area (Å²) in [6, 6.07) is 0. The van der Waals surface area contributed by atoms with E-state index in [1.54, 1.807) is 5.57 Å². The van der Waals surface area contributed by atoms with E-state index in [-0.39, 0.29) is 0 Å². The van der Waals surface area contributed by atoms with Crippen LogP contribution in [0.1, 0.15) is 70.6 Å². The Bertz CT molecular complexity index is 645. The van der Waals surface area contributed by atoms with Gasteiger partial charge in [-0.2, -0.15) is 0 Å². The largest absolute Gasteiger partial charge is 0.373 e. The van der Waals surface area contributed by atoms with E-state index >= 15 is 0 Å². The van der Waals surface area contributed by atoms with Crippen LogP contribution in [0.3, 0.4) is 0 Å². The molecule has 0 fully saturated rings. The zero-order valence-electron chi connectivity index (χ0n) is 17.7. The third kappa shape index (κ3) is 8.04. The van der Waals surface area contributed by atoms with Gasteiger partial charge in [-0.1, -0.05) is 42.5 Å². The molecule has 0 spiro atoms. The van der Waals surface area contributed by atoms with Gasteiger partial charge in [0.25, 0.3) is 0 Å². The first-order valence-electron chi connectivity index (χ1n) is 11.6. The summed E-state index contributed by atoms with van der Waals surface area (Å²) in [6.07, 6.45) is 35.1. The second kappa shape index (κ2) is 12.6. The molecule has 0 aromatic rings. The normalized spacial score (nSPS) is 25.4. The number of nitrogens with zero attached hydrogens (tertiary/aromatic N) is 2. The maximum atomic E-state index is 2.54. The first-order chi connectivity index (χ1) is 13.9. The zero-order chi connectivity index (χ0) is 19.3. The predicted molar refractivity (Wildman–Crippen MR) is 122 cm³/mol. The lowest BCUT2D eigenvalue weighted by molar-refractivity contribution is -0.524. The maximum Gasteiger partial charge on any atom is 0.166 e. The fourth-order valence-corrected chi connectivity index (χ4v) is 4.21. The summed E-state index contributed by atoms with van der Waals surface area (Å²) in [5.74, 6) is 0. The van der Waals surface area contributed by atoms with E-state index in [0.29, 0.717) is 0 Å². The molecule has 0 aromatic carbocycles. The van der Waals surface area contributed by atoms with E-state index < -0.39 is 0 Å². The van der Waals surface area contributed by atoms with Gasteiger partial charge in [-0.15, -0.1) is 0 Å². The van der Waals surface area contributed by atoms with Gasteiger partial charge in [0.1, 0.15) is 13.1 Å². The molecule has 0 atom stereocenters. The van der Waals surface area contributed by atoms with E-state index in [1.807, 2.05) is 0 Å². The summed E-state index contributed by atoms with van der Waals surface area (Å²) in [7, 11) is 0. The highest BCUT2D eigenvalue weighted by Crippen LogP contribution is 2.15. The topological polar surface area (TPSA) is 6.25 Å². The number of rotatable bonds is 0. The lowest BCUT2D eigenvalue weighted by Crippen LogP contribution is -2.21. The number of fused-ring (bicyclic) bond motifs is 2. The molecule has 2 heteroatoms. The Morgan fingerprint density at radius 1 is 0.679 bits per heavy atom. The van der Waals surface area contributed by atoms with Gasteiger partial charge >= 0.3 is 0 Å². The highest BCUT2D eigenvalue weighted by atomic mass is 15.1. The van der Waals surface area contributed by atoms with Crippen LogP contribution in [0.4, 0.5) is 0 Å². The molecule has 28 heavy (non-hydrogen) atoms. The van der Waals surface area contributed by atoms with Crippen molar-refractivity contribution >= 4 is 6.21 Å². The van der Waals surface area contributed by atoms with Crippen LogP contribution in [0.2, 0.25) is 0 Å². The first-order valence-corrected chi connectivity index (χ1v) is 11.6. The van der Waals surface area contributed by atoms with Crippen LogP contribution in [0.25, 0.3) is 0 Å². The van der Waals surface area contributed by atoms with Gasteiger partial charge in [0.2, 0.25) is 0 Å². The van der Waals surface area contributed by atoms with E-state index in [4.69, 9.17) is 0 Å². The Kier molecular flexibility index (Phi) is 9.40. The SMILES string of the molecule is C1=CC2=CN(C1)CCCC/C=C\CCC1=CCC[N+](=C1)CCCC/C=C\CC2. The van der Waals surface area contributed by atoms with Crippen molar-refractivity contribution in [3.05, 3.63) is 59.9 Å². The molecular formula is C26H39N2+. The van der Waals surface area contributed by atoms with Crippen LogP contribution in [0.15, 0.2) is 59.9 Å². The van der Waals surface area contributed by atoms with Gasteiger partial charge in [-0.05, 0) is 63.4 Å². The molecule has 0 unspecified atom stereocenters. The average Bonchev–Trinajstić information content (AvgIpc) is 2.72. The summed E-state index contributed by atoms with van der Waals surface area (Å²) < 4.78 is 2.54. The van der Waals surface area contributed by atoms with E-state index in [0.717, 1.165) is 6.54 Å². The predicted octanol–water partition coefficient (Wildman–Crippen LogP) is 6.18. The summed E-state index contributed by atoms with van der Waals surface area (Å²) in [4.78, 5) is 2.49. The van der Waals surface area contributed by atoms with Crippen molar-refractivity contribution in [2.45, 2.75) is 70.6 Å². The van der Waals surface area contributed by atoms with Gasteiger partial charge < -0.3 is 4.90 Å². The summed E-state index contributed by atoms with van der Waals surface area (Å²) in [5, 5.41) is 0. The smallest absolute Gasteiger partial charge is 0.166 e. The molecule has 0 amide bonds. The van der Waals surface area contributed by atoms with Gasteiger partial charge in [0.15, 0.2) is 6.21 Å². The van der Waals surface area contributed by atoms with Gasteiger partial charge in [-0.25, -0.2) is 4.58 Å². The lowest BCUT2D eigenvalue weighted by Gasteiger charge is -2.23. The molecule has 0 radical (unpaired) electrons. The molecule has 3 aliphatic rings. The van der Waals surface area contributed by atoms with Crippen LogP contribution < -0.4 is 0 Å². The number of hydrogen-bond acceptors (Lipinski definition) is 1. The van der Waals surface area contributed by atoms with Gasteiger partial charge in [0, 0.05) is 37.7 Å². The highest BCUT2D eigenvalue weighted by Gasteiger charge is 2.10. The molecule has 0 saturated heterocycles. The van der Waals surface area contributed by atoms with Gasteiger partial charge in [-0.3, -0.25) is 0 Å². The van der Waals surface area contributed by atoms with Crippen LogP contribution in [0, 0.1) is 0 Å². The second-order valence-corrected chi connectivity index (χ2v) is 8.35. The maximum absolute atomic E-state index is 2.54. The molecular weight excluding hydrogens is 340 g/mol. The van der Waals surface area contributed by atoms with Crippen molar-refractivity contribution < 1.29 is 4.58 Å². The Hall–Kier alpha value is -1.83. The molecule has 2 nitrogen and oxygen atoms in total. The molecule has 0 saturated carbocycles. The standard InChI is InChI=1S/C26H39N2/c1-3-7-11-19-27-21-14-18-26(24-27)16-10-6-2-4-8-12-20-28-22-13-17-25(23-28)15-9-5-1/h1-2,5-6,13,17-18,23-24H,3-4,7-12,14-16,19-22H2/q+1/b5-1-,6-2-. The summed E-state index contributed by atoms with van der Waals surface area (Å²) in [5.41, 5.74) is 3.03. The lowest BCUT2D eigenvalue weighted by atomic mass is 10.1. The van der Waals surface area contributed by atoms with E-state index in [1.165, 1.54) is 95.8 Å². The summed E-state index contributed by atoms with van der Waals surface area (Å²) >= 11 is 0. The van der Waals surface area contributed by atoms with Crippen LogP contribution >= 0.6 is 0 Å². The molecule has 3 aliphatic heterocycles. The van der Waals surface area contributed by atoms with Crippen molar-refractivity contribution in [1.82, 2.24) is 4.90 Å². The van der Waals surface area contributed by atoms with Crippen molar-refractivity contribution in [3.8, 4) is 0 Å². The highest BCUT2D eigenvalue weighted by molar-refractivity contribution is 5.74. The molecule has 0 N–H and O–H groups in total. The average molecular weight is 380 g/mol. The second-order valence-electron chi connectivity index (χ2n) is 8.35. The molecule has 4 bridgehead atoms. The van der Waals surface area contributed by atoms with Crippen molar-refractivity contribution in [2.75, 3.05) is 26.2 Å². The Morgan fingerprint density at radius 3 is 2.29 bits per heavy atom. The van der Waals surface area contributed by atoms with Crippen molar-refractivity contribution in [1.29, 1.82) is 0 Å². The minimum Gasteiger partial charge on any atom is -0.373 e. The molecule has 0 aromatic heterocycles. The molecule has 0 aliphatic carbocycles. The molecule has 3 rings (SSSR count). The zero-order valence-corrected chi connectivity index (χ0v) is 17.7. The fourth-order valence-electron chi connectivity index (χ4n) is 4.21. The Morgan fingerprint density at radius 2 is 1.43 bits per heavy atom. The van der Waals surface area contributed by atoms with Crippen LogP contribution in [0.5, 0.6) is 0 Å². The third-order valence-electron chi connectivity index (χ3n) is 5.86. The van der Waals surface area contributed by atoms with Crippen molar-refractivity contribution in [3.63, 3.8) is 0 Å². The fraction of sp³-hybridized carbons (Fsp3) is 0.577. The van der Waals surface area contributed by atoms with Crippen LogP contribution in [-0.2, 0) is 0 Å². The van der Waals surface area contributed by atoms with E-state index in [2.05, 4.69) is 64.4 Å². The van der Waals surface area contributed by atoms with Gasteiger partial charge in [0.05, 0.1) is 0 Å². The molecule has 152 valence electrons. The molecule has 3 heterocycles.